The number of aryl methyl sites for hydroxylation is 1. The number of thiazole rings is 1. The van der Waals surface area contributed by atoms with Crippen LogP contribution in [-0.4, -0.2) is 36.4 Å². The monoisotopic (exact) mass is 482 g/mol. The van der Waals surface area contributed by atoms with Crippen LogP contribution in [0, 0.1) is 6.92 Å². The van der Waals surface area contributed by atoms with Gasteiger partial charge in [-0.1, -0.05) is 46.8 Å². The molecule has 0 aliphatic rings. The Morgan fingerprint density at radius 2 is 2.12 bits per heavy atom. The highest BCUT2D eigenvalue weighted by molar-refractivity contribution is 7.99. The SMILES string of the molecule is Cc1ccc2nc(NC(=O)CSc3nc4c(cnn4-c4cccc(Cl)c4)c(=O)[nH]3)sc2c1. The summed E-state index contributed by atoms with van der Waals surface area (Å²) in [5.74, 6) is -0.175. The molecule has 3 aromatic heterocycles. The Bertz CT molecular complexity index is 1540. The number of carbonyl (C=O) groups is 1. The van der Waals surface area contributed by atoms with Gasteiger partial charge in [0.2, 0.25) is 5.91 Å². The van der Waals surface area contributed by atoms with E-state index in [4.69, 9.17) is 11.6 Å². The molecule has 3 heterocycles. The van der Waals surface area contributed by atoms with Crippen molar-refractivity contribution in [2.45, 2.75) is 12.1 Å². The Morgan fingerprint density at radius 3 is 2.97 bits per heavy atom. The normalized spacial score (nSPS) is 11.3. The summed E-state index contributed by atoms with van der Waals surface area (Å²) in [5, 5.41) is 8.83. The number of thioether (sulfide) groups is 1. The first-order valence-corrected chi connectivity index (χ1v) is 11.7. The maximum Gasteiger partial charge on any atom is 0.262 e. The average molecular weight is 483 g/mol. The number of anilines is 1. The Hall–Kier alpha value is -3.21. The lowest BCUT2D eigenvalue weighted by molar-refractivity contribution is -0.113. The highest BCUT2D eigenvalue weighted by atomic mass is 35.5. The fourth-order valence-corrected chi connectivity index (χ4v) is 4.96. The van der Waals surface area contributed by atoms with E-state index in [9.17, 15) is 9.59 Å². The number of benzene rings is 2. The molecule has 5 rings (SSSR count). The molecular formula is C21H15ClN6O2S2. The van der Waals surface area contributed by atoms with Gasteiger partial charge in [0.05, 0.1) is 27.9 Å². The Labute approximate surface area is 194 Å². The van der Waals surface area contributed by atoms with Gasteiger partial charge in [-0.3, -0.25) is 9.59 Å². The number of halogens is 1. The molecule has 0 spiro atoms. The van der Waals surface area contributed by atoms with Gasteiger partial charge in [-0.15, -0.1) is 0 Å². The average Bonchev–Trinajstić information content (AvgIpc) is 3.36. The van der Waals surface area contributed by atoms with Gasteiger partial charge in [-0.2, -0.15) is 5.10 Å². The van der Waals surface area contributed by atoms with Gasteiger partial charge in [0, 0.05) is 5.02 Å². The van der Waals surface area contributed by atoms with Crippen molar-refractivity contribution in [3.05, 3.63) is 69.6 Å². The highest BCUT2D eigenvalue weighted by Gasteiger charge is 2.14. The molecule has 5 aromatic rings. The molecule has 0 saturated carbocycles. The number of nitrogens with zero attached hydrogens (tertiary/aromatic N) is 4. The number of aromatic nitrogens is 5. The molecule has 160 valence electrons. The van der Waals surface area contributed by atoms with Crippen molar-refractivity contribution in [1.29, 1.82) is 0 Å². The minimum atomic E-state index is -0.326. The van der Waals surface area contributed by atoms with E-state index in [0.717, 1.165) is 27.5 Å². The molecule has 1 amide bonds. The van der Waals surface area contributed by atoms with E-state index in [-0.39, 0.29) is 17.2 Å². The topological polar surface area (TPSA) is 106 Å². The van der Waals surface area contributed by atoms with Crippen LogP contribution in [0.4, 0.5) is 5.13 Å². The van der Waals surface area contributed by atoms with E-state index in [1.54, 1.807) is 22.9 Å². The van der Waals surface area contributed by atoms with Crippen molar-refractivity contribution in [1.82, 2.24) is 24.7 Å². The first-order chi connectivity index (χ1) is 15.5. The second kappa shape index (κ2) is 8.38. The first kappa shape index (κ1) is 20.7. The largest absolute Gasteiger partial charge is 0.301 e. The molecule has 32 heavy (non-hydrogen) atoms. The van der Waals surface area contributed by atoms with Crippen molar-refractivity contribution in [2.75, 3.05) is 11.1 Å². The van der Waals surface area contributed by atoms with Gasteiger partial charge in [0.25, 0.3) is 5.56 Å². The molecule has 11 heteroatoms. The first-order valence-electron chi connectivity index (χ1n) is 9.50. The second-order valence-electron chi connectivity index (χ2n) is 6.97. The van der Waals surface area contributed by atoms with Crippen molar-refractivity contribution < 1.29 is 4.79 Å². The summed E-state index contributed by atoms with van der Waals surface area (Å²) < 4.78 is 2.56. The summed E-state index contributed by atoms with van der Waals surface area (Å²) in [5.41, 5.74) is 2.73. The van der Waals surface area contributed by atoms with Crippen molar-refractivity contribution in [3.8, 4) is 5.69 Å². The number of amides is 1. The van der Waals surface area contributed by atoms with Gasteiger partial charge < -0.3 is 10.3 Å². The van der Waals surface area contributed by atoms with Crippen LogP contribution in [0.2, 0.25) is 5.02 Å². The van der Waals surface area contributed by atoms with Gasteiger partial charge in [0.15, 0.2) is 15.9 Å². The van der Waals surface area contributed by atoms with Gasteiger partial charge in [-0.25, -0.2) is 14.6 Å². The predicted molar refractivity (Wildman–Crippen MR) is 128 cm³/mol. The molecule has 2 N–H and O–H groups in total. The quantitative estimate of drug-likeness (QED) is 0.284. The van der Waals surface area contributed by atoms with Crippen molar-refractivity contribution in [2.24, 2.45) is 0 Å². The second-order valence-corrected chi connectivity index (χ2v) is 9.40. The molecule has 2 aromatic carbocycles. The summed E-state index contributed by atoms with van der Waals surface area (Å²) in [6.07, 6.45) is 1.46. The Morgan fingerprint density at radius 1 is 1.25 bits per heavy atom. The summed E-state index contributed by atoms with van der Waals surface area (Å²) in [6, 6.07) is 13.0. The van der Waals surface area contributed by atoms with Gasteiger partial charge >= 0.3 is 0 Å². The molecule has 0 bridgehead atoms. The van der Waals surface area contributed by atoms with Crippen LogP contribution in [0.1, 0.15) is 5.56 Å². The number of aromatic amines is 1. The van der Waals surface area contributed by atoms with E-state index in [0.29, 0.717) is 32.0 Å². The molecule has 0 unspecified atom stereocenters. The van der Waals surface area contributed by atoms with Crippen LogP contribution >= 0.6 is 34.7 Å². The highest BCUT2D eigenvalue weighted by Crippen LogP contribution is 2.27. The van der Waals surface area contributed by atoms with Gasteiger partial charge in [0.1, 0.15) is 5.39 Å². The third-order valence-corrected chi connectivity index (χ3v) is 6.64. The molecule has 8 nitrogen and oxygen atoms in total. The maximum atomic E-state index is 12.5. The van der Waals surface area contributed by atoms with Crippen LogP contribution < -0.4 is 10.9 Å². The smallest absolute Gasteiger partial charge is 0.262 e. The molecular weight excluding hydrogens is 468 g/mol. The van der Waals surface area contributed by atoms with Crippen molar-refractivity contribution >= 4 is 67.0 Å². The zero-order valence-corrected chi connectivity index (χ0v) is 19.0. The number of nitrogens with one attached hydrogen (secondary N) is 2. The van der Waals surface area contributed by atoms with Crippen LogP contribution in [0.5, 0.6) is 0 Å². The number of hydrogen-bond donors (Lipinski definition) is 2. The molecule has 0 radical (unpaired) electrons. The van der Waals surface area contributed by atoms with Crippen LogP contribution in [0.15, 0.2) is 58.6 Å². The van der Waals surface area contributed by atoms with E-state index >= 15 is 0 Å². The lowest BCUT2D eigenvalue weighted by atomic mass is 10.2. The third kappa shape index (κ3) is 4.12. The number of fused-ring (bicyclic) bond motifs is 2. The molecule has 0 aliphatic heterocycles. The molecule has 0 fully saturated rings. The fourth-order valence-electron chi connectivity index (χ4n) is 3.14. The van der Waals surface area contributed by atoms with E-state index < -0.39 is 0 Å². The predicted octanol–water partition coefficient (Wildman–Crippen LogP) is 4.41. The lowest BCUT2D eigenvalue weighted by Gasteiger charge is -2.05. The summed E-state index contributed by atoms with van der Waals surface area (Å²) in [6.45, 7) is 2.01. The summed E-state index contributed by atoms with van der Waals surface area (Å²) >= 11 is 8.62. The lowest BCUT2D eigenvalue weighted by Crippen LogP contribution is -2.15. The standard InChI is InChI=1S/C21H15ClN6O2S2/c1-11-5-6-15-16(7-11)32-21(24-15)25-17(29)10-31-20-26-18-14(19(30)27-20)9-23-28(18)13-4-2-3-12(22)8-13/h2-9H,10H2,1H3,(H,24,25,29)(H,26,27,30). The molecule has 0 aliphatic carbocycles. The minimum Gasteiger partial charge on any atom is -0.301 e. The minimum absolute atomic E-state index is 0.0642. The summed E-state index contributed by atoms with van der Waals surface area (Å²) in [7, 11) is 0. The summed E-state index contributed by atoms with van der Waals surface area (Å²) in [4.78, 5) is 36.5. The van der Waals surface area contributed by atoms with Crippen LogP contribution in [0.25, 0.3) is 26.9 Å². The van der Waals surface area contributed by atoms with Gasteiger partial charge in [-0.05, 0) is 42.8 Å². The Kier molecular flexibility index (Phi) is 5.41. The van der Waals surface area contributed by atoms with Crippen molar-refractivity contribution in [3.63, 3.8) is 0 Å². The Balaban J connectivity index is 1.35. The number of hydrogen-bond acceptors (Lipinski definition) is 7. The number of H-pyrrole nitrogens is 1. The van der Waals surface area contributed by atoms with E-state index in [1.807, 2.05) is 31.2 Å². The number of carbonyl (C=O) groups excluding carboxylic acids is 1. The third-order valence-electron chi connectivity index (χ3n) is 4.60. The van der Waals surface area contributed by atoms with E-state index in [1.165, 1.54) is 17.5 Å². The fraction of sp³-hybridized carbons (Fsp3) is 0.0952. The van der Waals surface area contributed by atoms with E-state index in [2.05, 4.69) is 25.4 Å². The molecule has 0 atom stereocenters. The number of rotatable bonds is 5. The zero-order chi connectivity index (χ0) is 22.2. The van der Waals surface area contributed by atoms with Crippen LogP contribution in [0.3, 0.4) is 0 Å². The maximum absolute atomic E-state index is 12.5. The zero-order valence-electron chi connectivity index (χ0n) is 16.6. The van der Waals surface area contributed by atoms with Crippen LogP contribution in [-0.2, 0) is 4.79 Å². The molecule has 0 saturated heterocycles.